The second-order valence-corrected chi connectivity index (χ2v) is 30.9. The van der Waals surface area contributed by atoms with Crippen LogP contribution >= 0.6 is 15.6 Å². The molecule has 0 aromatic rings. The molecule has 0 saturated heterocycles. The maximum atomic E-state index is 13.0. The summed E-state index contributed by atoms with van der Waals surface area (Å²) in [6.07, 6.45) is 46.0. The number of esters is 4. The molecule has 0 saturated carbocycles. The fourth-order valence-electron chi connectivity index (χ4n) is 11.0. The van der Waals surface area contributed by atoms with Crippen LogP contribution < -0.4 is 0 Å². The van der Waals surface area contributed by atoms with Crippen molar-refractivity contribution in [2.24, 2.45) is 23.7 Å². The fraction of sp³-hybridized carbons (Fsp3) is 0.945. The van der Waals surface area contributed by atoms with E-state index in [9.17, 15) is 43.2 Å². The lowest BCUT2D eigenvalue weighted by atomic mass is 10.00. The summed E-state index contributed by atoms with van der Waals surface area (Å²) in [4.78, 5) is 72.6. The lowest BCUT2D eigenvalue weighted by Crippen LogP contribution is -2.30. The highest BCUT2D eigenvalue weighted by atomic mass is 31.2. The smallest absolute Gasteiger partial charge is 0.462 e. The molecule has 0 aromatic heterocycles. The molecule has 0 aliphatic heterocycles. The third-order valence-corrected chi connectivity index (χ3v) is 19.1. The Hall–Kier alpha value is -1.94. The largest absolute Gasteiger partial charge is 0.472 e. The summed E-state index contributed by atoms with van der Waals surface area (Å²) in [5.41, 5.74) is 0. The number of aliphatic hydroxyl groups is 1. The molecule has 0 aliphatic carbocycles. The molecule has 17 nitrogen and oxygen atoms in total. The first-order valence-corrected chi connectivity index (χ1v) is 40.7. The van der Waals surface area contributed by atoms with Gasteiger partial charge >= 0.3 is 39.5 Å². The molecule has 0 spiro atoms. The quantitative estimate of drug-likeness (QED) is 0.0222. The topological polar surface area (TPSA) is 237 Å². The van der Waals surface area contributed by atoms with Crippen molar-refractivity contribution < 1.29 is 80.2 Å². The van der Waals surface area contributed by atoms with E-state index in [-0.39, 0.29) is 25.7 Å². The van der Waals surface area contributed by atoms with Crippen LogP contribution in [0.5, 0.6) is 0 Å². The predicted molar refractivity (Wildman–Crippen MR) is 372 cm³/mol. The van der Waals surface area contributed by atoms with Gasteiger partial charge in [-0.05, 0) is 49.4 Å². The number of carbonyl (C=O) groups is 4. The molecule has 546 valence electrons. The second kappa shape index (κ2) is 62.6. The third kappa shape index (κ3) is 65.4. The maximum absolute atomic E-state index is 13.0. The average Bonchev–Trinajstić information content (AvgIpc) is 2.19. The van der Waals surface area contributed by atoms with Crippen molar-refractivity contribution in [1.29, 1.82) is 0 Å². The van der Waals surface area contributed by atoms with Gasteiger partial charge in [-0.1, -0.05) is 312 Å². The first-order valence-electron chi connectivity index (χ1n) is 37.7. The molecule has 0 fully saturated rings. The van der Waals surface area contributed by atoms with Crippen molar-refractivity contribution in [3.8, 4) is 0 Å². The average molecular weight is 1350 g/mol. The highest BCUT2D eigenvalue weighted by Crippen LogP contribution is 2.45. The minimum absolute atomic E-state index is 0.105. The number of phosphoric acid groups is 2. The lowest BCUT2D eigenvalue weighted by Gasteiger charge is -2.21. The van der Waals surface area contributed by atoms with E-state index in [2.05, 4.69) is 55.4 Å². The molecular weight excluding hydrogens is 1210 g/mol. The highest BCUT2D eigenvalue weighted by Gasteiger charge is 2.30. The molecule has 0 heterocycles. The first-order chi connectivity index (χ1) is 44.1. The van der Waals surface area contributed by atoms with Gasteiger partial charge in [-0.25, -0.2) is 9.13 Å². The van der Waals surface area contributed by atoms with E-state index >= 15 is 0 Å². The zero-order valence-electron chi connectivity index (χ0n) is 60.2. The summed E-state index contributed by atoms with van der Waals surface area (Å²) < 4.78 is 68.3. The van der Waals surface area contributed by atoms with Gasteiger partial charge in [-0.3, -0.25) is 37.3 Å². The van der Waals surface area contributed by atoms with Crippen LogP contribution in [-0.2, 0) is 65.4 Å². The summed E-state index contributed by atoms with van der Waals surface area (Å²) in [6, 6.07) is 0. The Labute approximate surface area is 562 Å². The van der Waals surface area contributed by atoms with E-state index in [1.165, 1.54) is 154 Å². The van der Waals surface area contributed by atoms with Crippen molar-refractivity contribution in [3.05, 3.63) is 0 Å². The lowest BCUT2D eigenvalue weighted by molar-refractivity contribution is -0.161. The number of aliphatic hydroxyl groups excluding tert-OH is 1. The van der Waals surface area contributed by atoms with Crippen LogP contribution in [-0.4, -0.2) is 96.7 Å². The summed E-state index contributed by atoms with van der Waals surface area (Å²) in [7, 11) is -9.91. The fourth-order valence-corrected chi connectivity index (χ4v) is 12.6. The SMILES string of the molecule is CCC(C)CCCCCCCCC(=O)OC[C@H](COP(=O)(O)OC[C@@H](O)COP(=O)(O)OC[C@@H](COC(=O)CCCCCCCCC(C)C)OC(=O)CCCCCCCCCCCCCC(C)C)OC(=O)CCCCCCCCCCCCCCCCCCC(C)C. The number of hydrogen-bond acceptors (Lipinski definition) is 15. The maximum Gasteiger partial charge on any atom is 0.472 e. The Kier molecular flexibility index (Phi) is 61.3. The van der Waals surface area contributed by atoms with Crippen molar-refractivity contribution in [2.75, 3.05) is 39.6 Å². The van der Waals surface area contributed by atoms with Crippen LogP contribution in [0.3, 0.4) is 0 Å². The standard InChI is InChI=1S/C73H142O17P2/c1-9-66(8)52-44-36-30-32-38-46-54-71(76)84-60-69(90-72(77)55-47-39-27-23-19-15-13-11-10-12-14-17-21-25-33-41-49-63(2)3)62-88-92(81,82)86-58-67(74)57-85-91(79,80)87-61-68(59-83-70(75)53-45-37-31-29-35-43-51-65(6)7)89-73(78)56-48-40-28-24-20-16-18-22-26-34-42-50-64(4)5/h63-69,74H,9-62H2,1-8H3,(H,79,80)(H,81,82)/t66?,67-,68+,69+/m0/s1. The summed E-state index contributed by atoms with van der Waals surface area (Å²) in [5, 5.41) is 10.6. The van der Waals surface area contributed by atoms with E-state index in [0.717, 1.165) is 120 Å². The van der Waals surface area contributed by atoms with Gasteiger partial charge in [-0.2, -0.15) is 0 Å². The molecule has 0 amide bonds. The Bertz CT molecular complexity index is 1820. The number of rotatable bonds is 70. The van der Waals surface area contributed by atoms with Crippen LogP contribution in [0.1, 0.15) is 364 Å². The van der Waals surface area contributed by atoms with Crippen molar-refractivity contribution in [1.82, 2.24) is 0 Å². The Morgan fingerprint density at radius 2 is 0.522 bits per heavy atom. The number of ether oxygens (including phenoxy) is 4. The monoisotopic (exact) mass is 1350 g/mol. The van der Waals surface area contributed by atoms with Gasteiger partial charge in [0.2, 0.25) is 0 Å². The van der Waals surface area contributed by atoms with Gasteiger partial charge in [0.05, 0.1) is 26.4 Å². The Morgan fingerprint density at radius 1 is 0.304 bits per heavy atom. The Balaban J connectivity index is 5.20. The predicted octanol–water partition coefficient (Wildman–Crippen LogP) is 20.9. The van der Waals surface area contributed by atoms with E-state index in [1.807, 2.05) is 0 Å². The first kappa shape index (κ1) is 90.1. The molecule has 6 atom stereocenters. The second-order valence-electron chi connectivity index (χ2n) is 28.0. The van der Waals surface area contributed by atoms with Crippen LogP contribution in [0, 0.1) is 23.7 Å². The molecule has 3 unspecified atom stereocenters. The molecule has 3 N–H and O–H groups in total. The van der Waals surface area contributed by atoms with E-state index in [0.29, 0.717) is 31.6 Å². The number of carbonyl (C=O) groups excluding carboxylic acids is 4. The summed E-state index contributed by atoms with van der Waals surface area (Å²) in [6.45, 7) is 14.1. The van der Waals surface area contributed by atoms with Gasteiger partial charge in [0.15, 0.2) is 12.2 Å². The molecule has 0 radical (unpaired) electrons. The third-order valence-electron chi connectivity index (χ3n) is 17.2. The van der Waals surface area contributed by atoms with Gasteiger partial charge in [0, 0.05) is 25.7 Å². The van der Waals surface area contributed by atoms with Crippen LogP contribution in [0.2, 0.25) is 0 Å². The van der Waals surface area contributed by atoms with Crippen molar-refractivity contribution in [2.45, 2.75) is 382 Å². The zero-order valence-corrected chi connectivity index (χ0v) is 62.0. The number of hydrogen-bond donors (Lipinski definition) is 3. The molecular formula is C73H142O17P2. The minimum atomic E-state index is -4.95. The van der Waals surface area contributed by atoms with E-state index < -0.39 is 97.5 Å². The summed E-state index contributed by atoms with van der Waals surface area (Å²) in [5.74, 6) is 0.856. The molecule has 0 bridgehead atoms. The molecule has 92 heavy (non-hydrogen) atoms. The molecule has 0 aliphatic rings. The van der Waals surface area contributed by atoms with Crippen molar-refractivity contribution in [3.63, 3.8) is 0 Å². The molecule has 0 rings (SSSR count). The van der Waals surface area contributed by atoms with E-state index in [4.69, 9.17) is 37.0 Å². The van der Waals surface area contributed by atoms with Crippen LogP contribution in [0.4, 0.5) is 0 Å². The van der Waals surface area contributed by atoms with Crippen LogP contribution in [0.25, 0.3) is 0 Å². The number of phosphoric ester groups is 2. The van der Waals surface area contributed by atoms with Gasteiger partial charge in [0.25, 0.3) is 0 Å². The minimum Gasteiger partial charge on any atom is -0.462 e. The van der Waals surface area contributed by atoms with Gasteiger partial charge in [-0.15, -0.1) is 0 Å². The van der Waals surface area contributed by atoms with Crippen LogP contribution in [0.15, 0.2) is 0 Å². The highest BCUT2D eigenvalue weighted by molar-refractivity contribution is 7.47. The molecule has 19 heteroatoms. The van der Waals surface area contributed by atoms with E-state index in [1.54, 1.807) is 0 Å². The molecule has 0 aromatic carbocycles. The van der Waals surface area contributed by atoms with Gasteiger partial charge < -0.3 is 33.8 Å². The normalized spacial score (nSPS) is 14.5. The Morgan fingerprint density at radius 3 is 0.772 bits per heavy atom. The van der Waals surface area contributed by atoms with Gasteiger partial charge in [0.1, 0.15) is 19.3 Å². The van der Waals surface area contributed by atoms with Crippen molar-refractivity contribution >= 4 is 39.5 Å². The number of unbranched alkanes of at least 4 members (excludes halogenated alkanes) is 35. The summed E-state index contributed by atoms with van der Waals surface area (Å²) >= 11 is 0. The zero-order chi connectivity index (χ0) is 68.2.